The summed E-state index contributed by atoms with van der Waals surface area (Å²) in [6.45, 7) is 2.34. The van der Waals surface area contributed by atoms with E-state index in [1.54, 1.807) is 32.3 Å². The van der Waals surface area contributed by atoms with Gasteiger partial charge >= 0.3 is 5.97 Å². The van der Waals surface area contributed by atoms with Crippen molar-refractivity contribution < 1.29 is 19.0 Å². The Balaban J connectivity index is 1.72. The van der Waals surface area contributed by atoms with Crippen molar-refractivity contribution in [1.29, 1.82) is 0 Å². The predicted octanol–water partition coefficient (Wildman–Crippen LogP) is 0.658. The number of aryl methyl sites for hydroxylation is 1. The number of aliphatic hydroxyl groups excluding tert-OH is 1. The number of nitrogens with zero attached hydrogens (tertiary/aromatic N) is 3. The Kier molecular flexibility index (Phi) is 5.55. The summed E-state index contributed by atoms with van der Waals surface area (Å²) >= 11 is 0. The number of ether oxygens (including phenoxy) is 1. The number of fused-ring (bicyclic) bond motifs is 5. The van der Waals surface area contributed by atoms with Crippen LogP contribution in [0.15, 0.2) is 34.9 Å². The molecule has 10 nitrogen and oxygen atoms in total. The van der Waals surface area contributed by atoms with Gasteiger partial charge < -0.3 is 30.5 Å². The van der Waals surface area contributed by atoms with Crippen LogP contribution in [0.5, 0.6) is 0 Å². The number of cyclic esters (lactones) is 1. The minimum absolute atomic E-state index is 0.201. The molecule has 11 heteroatoms. The molecule has 0 bridgehead atoms. The zero-order chi connectivity index (χ0) is 25.0. The number of pyridine rings is 2. The Morgan fingerprint density at radius 3 is 2.89 bits per heavy atom. The average Bonchev–Trinajstić information content (AvgIpc) is 3.17. The van der Waals surface area contributed by atoms with Crippen molar-refractivity contribution in [3.05, 3.63) is 74.1 Å². The van der Waals surface area contributed by atoms with Crippen LogP contribution in [0.25, 0.3) is 22.3 Å². The molecule has 35 heavy (non-hydrogen) atoms. The summed E-state index contributed by atoms with van der Waals surface area (Å²) in [4.78, 5) is 29.9. The molecule has 1 atom stereocenters. The number of carbonyl (C=O) groups is 1. The first-order valence-electron chi connectivity index (χ1n) is 11.0. The summed E-state index contributed by atoms with van der Waals surface area (Å²) < 4.78 is 21.0. The van der Waals surface area contributed by atoms with Gasteiger partial charge in [-0.15, -0.1) is 0 Å². The van der Waals surface area contributed by atoms with Gasteiger partial charge in [-0.3, -0.25) is 4.79 Å². The van der Waals surface area contributed by atoms with Crippen LogP contribution >= 0.6 is 0 Å². The van der Waals surface area contributed by atoms with Crippen molar-refractivity contribution in [2.24, 2.45) is 11.6 Å². The molecule has 1 unspecified atom stereocenters. The molecule has 3 aromatic rings. The lowest BCUT2D eigenvalue weighted by molar-refractivity contribution is -0.157. The highest BCUT2D eigenvalue weighted by atomic mass is 19.1. The van der Waals surface area contributed by atoms with E-state index in [4.69, 9.17) is 16.3 Å². The minimum atomic E-state index is -1.55. The highest BCUT2D eigenvalue weighted by Crippen LogP contribution is 2.38. The van der Waals surface area contributed by atoms with Crippen molar-refractivity contribution >= 4 is 16.9 Å². The van der Waals surface area contributed by atoms with Gasteiger partial charge in [0.2, 0.25) is 0 Å². The van der Waals surface area contributed by atoms with E-state index in [1.165, 1.54) is 15.6 Å². The maximum atomic E-state index is 14.5. The van der Waals surface area contributed by atoms with E-state index in [2.05, 4.69) is 10.3 Å². The average molecular weight is 481 g/mol. The number of nitrogens with two attached hydrogens (primary N) is 2. The molecule has 1 aromatic carbocycles. The fraction of sp³-hybridized carbons (Fsp3) is 0.292. The monoisotopic (exact) mass is 480 g/mol. The molecule has 6 N–H and O–H groups in total. The Labute approximate surface area is 199 Å². The number of aliphatic hydroxyl groups is 1. The van der Waals surface area contributed by atoms with Gasteiger partial charge in [0.05, 0.1) is 35.6 Å². The molecule has 0 fully saturated rings. The summed E-state index contributed by atoms with van der Waals surface area (Å²) in [6, 6.07) is 4.66. The Bertz CT molecular complexity index is 1480. The first kappa shape index (κ1) is 23.0. The van der Waals surface area contributed by atoms with E-state index < -0.39 is 17.9 Å². The number of nitrogens with one attached hydrogen (secondary N) is 1. The van der Waals surface area contributed by atoms with E-state index in [-0.39, 0.29) is 36.4 Å². The molecule has 0 saturated heterocycles. The Hall–Kier alpha value is -3.80. The zero-order valence-electron chi connectivity index (χ0n) is 19.3. The first-order valence-corrected chi connectivity index (χ1v) is 11.0. The SMILES string of the molecule is CNC/C(N)=C/N(N)Cc1c2c(nc3cc(F)c(C)cc13)-c1cc3c(c(=O)n1C2)COC(=O)C3O. The topological polar surface area (TPSA) is 149 Å². The van der Waals surface area contributed by atoms with Gasteiger partial charge in [0.15, 0.2) is 6.10 Å². The number of carbonyl (C=O) groups excluding carboxylic acids is 1. The fourth-order valence-electron chi connectivity index (χ4n) is 4.71. The summed E-state index contributed by atoms with van der Waals surface area (Å²) in [5.41, 5.74) is 9.88. The van der Waals surface area contributed by atoms with Crippen molar-refractivity contribution in [3.63, 3.8) is 0 Å². The number of hydrazine groups is 1. The quantitative estimate of drug-likeness (QED) is 0.184. The third-order valence-corrected chi connectivity index (χ3v) is 6.41. The van der Waals surface area contributed by atoms with Gasteiger partial charge in [-0.1, -0.05) is 0 Å². The predicted molar refractivity (Wildman–Crippen MR) is 126 cm³/mol. The van der Waals surface area contributed by atoms with Gasteiger partial charge in [-0.2, -0.15) is 0 Å². The van der Waals surface area contributed by atoms with Crippen LogP contribution in [0.4, 0.5) is 4.39 Å². The van der Waals surface area contributed by atoms with E-state index in [1.807, 2.05) is 0 Å². The Morgan fingerprint density at radius 1 is 1.37 bits per heavy atom. The summed E-state index contributed by atoms with van der Waals surface area (Å²) in [5, 5.41) is 15.4. The van der Waals surface area contributed by atoms with E-state index in [9.17, 15) is 19.1 Å². The summed E-state index contributed by atoms with van der Waals surface area (Å²) in [5.74, 6) is 5.04. The van der Waals surface area contributed by atoms with Gasteiger partial charge in [0, 0.05) is 41.0 Å². The molecular formula is C24H25FN6O4. The smallest absolute Gasteiger partial charge is 0.340 e. The molecule has 2 aromatic heterocycles. The second-order valence-corrected chi connectivity index (χ2v) is 8.81. The molecule has 182 valence electrons. The first-order chi connectivity index (χ1) is 16.7. The van der Waals surface area contributed by atoms with Crippen molar-refractivity contribution in [3.8, 4) is 11.4 Å². The van der Waals surface area contributed by atoms with Crippen molar-refractivity contribution in [1.82, 2.24) is 19.9 Å². The fourth-order valence-corrected chi connectivity index (χ4v) is 4.71. The van der Waals surface area contributed by atoms with Crippen molar-refractivity contribution in [2.75, 3.05) is 13.6 Å². The molecule has 0 radical (unpaired) electrons. The van der Waals surface area contributed by atoms with E-state index in [0.717, 1.165) is 11.1 Å². The third kappa shape index (κ3) is 3.73. The standard InChI is InChI=1S/C24H25FN6O4/c1-11-3-13-15(8-30(27)7-12(26)6-28-2)16-9-31-20(21(16)29-19(13)5-18(11)25)4-14-17(23(31)33)10-35-24(34)22(14)32/h3-5,7,22,28,32H,6,8-10,26-27H2,1-2H3/b12-7-. The van der Waals surface area contributed by atoms with Crippen LogP contribution < -0.4 is 22.5 Å². The van der Waals surface area contributed by atoms with Crippen LogP contribution in [0, 0.1) is 12.7 Å². The lowest BCUT2D eigenvalue weighted by Crippen LogP contribution is -2.32. The van der Waals surface area contributed by atoms with Crippen LogP contribution in [0.2, 0.25) is 0 Å². The number of esters is 1. The maximum absolute atomic E-state index is 14.5. The van der Waals surface area contributed by atoms with E-state index in [0.29, 0.717) is 40.1 Å². The molecule has 0 amide bonds. The molecule has 2 aliphatic rings. The van der Waals surface area contributed by atoms with Gasteiger partial charge in [-0.25, -0.2) is 20.0 Å². The highest BCUT2D eigenvalue weighted by molar-refractivity contribution is 5.89. The maximum Gasteiger partial charge on any atom is 0.340 e. The molecular weight excluding hydrogens is 455 g/mol. The summed E-state index contributed by atoms with van der Waals surface area (Å²) in [7, 11) is 1.77. The lowest BCUT2D eigenvalue weighted by atomic mass is 9.97. The molecule has 0 aliphatic carbocycles. The normalized spacial score (nSPS) is 16.7. The van der Waals surface area contributed by atoms with Crippen LogP contribution in [0.1, 0.15) is 33.9 Å². The molecule has 0 spiro atoms. The molecule has 2 aliphatic heterocycles. The minimum Gasteiger partial charge on any atom is -0.458 e. The van der Waals surface area contributed by atoms with Gasteiger partial charge in [0.1, 0.15) is 12.4 Å². The lowest BCUT2D eigenvalue weighted by Gasteiger charge is -2.21. The van der Waals surface area contributed by atoms with Crippen LogP contribution in [0.3, 0.4) is 0 Å². The largest absolute Gasteiger partial charge is 0.458 e. The number of rotatable bonds is 5. The number of halogens is 1. The number of likely N-dealkylation sites (N-methyl/N-ethyl adjacent to an activating group) is 1. The second kappa shape index (κ2) is 8.45. The molecule has 4 heterocycles. The number of aromatic nitrogens is 2. The Morgan fingerprint density at radius 2 is 2.14 bits per heavy atom. The number of hydrogen-bond acceptors (Lipinski definition) is 9. The summed E-state index contributed by atoms with van der Waals surface area (Å²) in [6.07, 6.45) is 0.0545. The van der Waals surface area contributed by atoms with Crippen LogP contribution in [-0.2, 0) is 29.2 Å². The van der Waals surface area contributed by atoms with Crippen molar-refractivity contribution in [2.45, 2.75) is 32.7 Å². The molecule has 0 saturated carbocycles. The third-order valence-electron chi connectivity index (χ3n) is 6.41. The number of benzene rings is 1. The molecule has 5 rings (SSSR count). The van der Waals surface area contributed by atoms with Gasteiger partial charge in [-0.05, 0) is 37.2 Å². The van der Waals surface area contributed by atoms with Crippen LogP contribution in [-0.4, -0.2) is 39.2 Å². The highest BCUT2D eigenvalue weighted by Gasteiger charge is 2.34. The van der Waals surface area contributed by atoms with Gasteiger partial charge in [0.25, 0.3) is 5.56 Å². The van der Waals surface area contributed by atoms with E-state index >= 15 is 0 Å². The second-order valence-electron chi connectivity index (χ2n) is 8.81. The zero-order valence-corrected chi connectivity index (χ0v) is 19.3. The number of hydrogen-bond donors (Lipinski definition) is 4.